The van der Waals surface area contributed by atoms with Gasteiger partial charge in [-0.1, -0.05) is 53.7 Å². The first-order valence-electron chi connectivity index (χ1n) is 8.24. The highest BCUT2D eigenvalue weighted by molar-refractivity contribution is 5.96. The fourth-order valence-corrected chi connectivity index (χ4v) is 3.31. The van der Waals surface area contributed by atoms with Gasteiger partial charge in [-0.2, -0.15) is 0 Å². The van der Waals surface area contributed by atoms with Crippen molar-refractivity contribution in [2.24, 2.45) is 0 Å². The van der Waals surface area contributed by atoms with Gasteiger partial charge in [0.2, 0.25) is 0 Å². The number of aromatic nitrogens is 2. The van der Waals surface area contributed by atoms with Crippen molar-refractivity contribution < 1.29 is 4.52 Å². The van der Waals surface area contributed by atoms with Gasteiger partial charge in [0.05, 0.1) is 12.2 Å². The predicted octanol–water partition coefficient (Wildman–Crippen LogP) is 4.32. The molecule has 2 aromatic carbocycles. The van der Waals surface area contributed by atoms with Gasteiger partial charge in [-0.3, -0.25) is 4.79 Å². The van der Waals surface area contributed by atoms with Crippen LogP contribution in [0.1, 0.15) is 17.0 Å². The molecule has 4 nitrogen and oxygen atoms in total. The zero-order valence-electron chi connectivity index (χ0n) is 14.2. The number of nitrogens with zero attached hydrogens (tertiary/aromatic N) is 2. The Morgan fingerprint density at radius 2 is 1.64 bits per heavy atom. The lowest BCUT2D eigenvalue weighted by atomic mass is 9.99. The highest BCUT2D eigenvalue weighted by Gasteiger charge is 2.17. The third-order valence-electron chi connectivity index (χ3n) is 4.49. The number of hydrogen-bond donors (Lipinski definition) is 0. The first kappa shape index (κ1) is 15.4. The van der Waals surface area contributed by atoms with Crippen LogP contribution in [0.4, 0.5) is 0 Å². The van der Waals surface area contributed by atoms with Gasteiger partial charge in [0.15, 0.2) is 0 Å². The van der Waals surface area contributed by atoms with Gasteiger partial charge in [-0.15, -0.1) is 0 Å². The van der Waals surface area contributed by atoms with Crippen LogP contribution in [0.15, 0.2) is 70.1 Å². The fraction of sp³-hybridized carbons (Fsp3) is 0.143. The summed E-state index contributed by atoms with van der Waals surface area (Å²) in [6.07, 6.45) is 1.92. The Hall–Kier alpha value is -3.14. The third kappa shape index (κ3) is 2.66. The smallest absolute Gasteiger partial charge is 0.258 e. The fourth-order valence-electron chi connectivity index (χ4n) is 3.31. The van der Waals surface area contributed by atoms with Gasteiger partial charge in [0.25, 0.3) is 5.56 Å². The molecule has 0 saturated carbocycles. The largest absolute Gasteiger partial charge is 0.361 e. The van der Waals surface area contributed by atoms with E-state index in [0.29, 0.717) is 11.9 Å². The number of fused-ring (bicyclic) bond motifs is 1. The topological polar surface area (TPSA) is 48.0 Å². The molecule has 0 amide bonds. The van der Waals surface area contributed by atoms with Gasteiger partial charge in [0.1, 0.15) is 5.76 Å². The van der Waals surface area contributed by atoms with Crippen LogP contribution in [0, 0.1) is 13.8 Å². The zero-order chi connectivity index (χ0) is 17.4. The summed E-state index contributed by atoms with van der Waals surface area (Å²) >= 11 is 0. The molecular weight excluding hydrogens is 312 g/mol. The monoisotopic (exact) mass is 330 g/mol. The van der Waals surface area contributed by atoms with Crippen LogP contribution in [0.3, 0.4) is 0 Å². The molecule has 0 radical (unpaired) electrons. The summed E-state index contributed by atoms with van der Waals surface area (Å²) in [5.74, 6) is 0.757. The molecule has 0 saturated heterocycles. The highest BCUT2D eigenvalue weighted by atomic mass is 16.5. The Morgan fingerprint density at radius 1 is 0.960 bits per heavy atom. The number of pyridine rings is 1. The van der Waals surface area contributed by atoms with Crippen LogP contribution in [0.25, 0.3) is 21.9 Å². The van der Waals surface area contributed by atoms with Gasteiger partial charge in [-0.25, -0.2) is 0 Å². The quantitative estimate of drug-likeness (QED) is 0.562. The highest BCUT2D eigenvalue weighted by Crippen LogP contribution is 2.31. The van der Waals surface area contributed by atoms with Crippen molar-refractivity contribution in [2.45, 2.75) is 20.4 Å². The minimum Gasteiger partial charge on any atom is -0.361 e. The average Bonchev–Trinajstić information content (AvgIpc) is 2.97. The summed E-state index contributed by atoms with van der Waals surface area (Å²) in [6.45, 7) is 4.35. The van der Waals surface area contributed by atoms with Gasteiger partial charge in [0, 0.05) is 22.7 Å². The van der Waals surface area contributed by atoms with E-state index in [4.69, 9.17) is 4.52 Å². The van der Waals surface area contributed by atoms with Gasteiger partial charge >= 0.3 is 0 Å². The predicted molar refractivity (Wildman–Crippen MR) is 98.7 cm³/mol. The van der Waals surface area contributed by atoms with E-state index in [9.17, 15) is 4.79 Å². The molecule has 2 aromatic heterocycles. The molecule has 25 heavy (non-hydrogen) atoms. The van der Waals surface area contributed by atoms with Crippen LogP contribution < -0.4 is 5.56 Å². The lowest BCUT2D eigenvalue weighted by molar-refractivity contribution is 0.393. The molecule has 4 heteroatoms. The average molecular weight is 330 g/mol. The first-order valence-corrected chi connectivity index (χ1v) is 8.24. The van der Waals surface area contributed by atoms with Crippen LogP contribution in [0.2, 0.25) is 0 Å². The summed E-state index contributed by atoms with van der Waals surface area (Å²) in [7, 11) is 0. The second kappa shape index (κ2) is 6.06. The number of benzene rings is 2. The van der Waals surface area contributed by atoms with E-state index in [2.05, 4.69) is 5.16 Å². The van der Waals surface area contributed by atoms with Crippen LogP contribution in [-0.2, 0) is 6.54 Å². The Morgan fingerprint density at radius 3 is 2.32 bits per heavy atom. The van der Waals surface area contributed by atoms with E-state index in [1.165, 1.54) is 0 Å². The van der Waals surface area contributed by atoms with Crippen molar-refractivity contribution in [3.8, 4) is 11.1 Å². The van der Waals surface area contributed by atoms with Crippen molar-refractivity contribution in [2.75, 3.05) is 0 Å². The summed E-state index contributed by atoms with van der Waals surface area (Å²) < 4.78 is 7.11. The van der Waals surface area contributed by atoms with Crippen LogP contribution in [0.5, 0.6) is 0 Å². The Bertz CT molecular complexity index is 1090. The maximum absolute atomic E-state index is 12.9. The molecule has 0 fully saturated rings. The molecule has 0 aliphatic rings. The molecule has 4 aromatic rings. The summed E-state index contributed by atoms with van der Waals surface area (Å²) in [4.78, 5) is 12.9. The van der Waals surface area contributed by atoms with Crippen molar-refractivity contribution >= 4 is 10.8 Å². The molecule has 0 spiro atoms. The SMILES string of the molecule is Cc1noc(C)c1-c1cn(Cc2ccccc2)c(=O)c2ccccc12. The van der Waals surface area contributed by atoms with E-state index < -0.39 is 0 Å². The van der Waals surface area contributed by atoms with Crippen molar-refractivity contribution in [1.82, 2.24) is 9.72 Å². The number of aryl methyl sites for hydroxylation is 2. The van der Waals surface area contributed by atoms with E-state index in [-0.39, 0.29) is 5.56 Å². The minimum atomic E-state index is 0.00923. The van der Waals surface area contributed by atoms with Crippen LogP contribution in [-0.4, -0.2) is 9.72 Å². The summed E-state index contributed by atoms with van der Waals surface area (Å²) in [6, 6.07) is 17.7. The molecule has 0 bridgehead atoms. The molecule has 4 rings (SSSR count). The lowest BCUT2D eigenvalue weighted by Crippen LogP contribution is -2.21. The zero-order valence-corrected chi connectivity index (χ0v) is 14.2. The molecule has 2 heterocycles. The second-order valence-corrected chi connectivity index (χ2v) is 6.21. The van der Waals surface area contributed by atoms with Crippen molar-refractivity contribution in [3.05, 3.63) is 88.2 Å². The minimum absolute atomic E-state index is 0.00923. The summed E-state index contributed by atoms with van der Waals surface area (Å²) in [5.41, 5.74) is 3.85. The third-order valence-corrected chi connectivity index (χ3v) is 4.49. The van der Waals surface area contributed by atoms with E-state index in [1.807, 2.05) is 74.6 Å². The second-order valence-electron chi connectivity index (χ2n) is 6.21. The molecule has 0 N–H and O–H groups in total. The van der Waals surface area contributed by atoms with Gasteiger partial charge in [-0.05, 0) is 30.9 Å². The molecule has 0 atom stereocenters. The molecule has 124 valence electrons. The normalized spacial score (nSPS) is 11.1. The molecule has 0 aliphatic heterocycles. The van der Waals surface area contributed by atoms with E-state index >= 15 is 0 Å². The van der Waals surface area contributed by atoms with Crippen molar-refractivity contribution in [1.29, 1.82) is 0 Å². The van der Waals surface area contributed by atoms with Crippen LogP contribution >= 0.6 is 0 Å². The van der Waals surface area contributed by atoms with E-state index in [1.54, 1.807) is 4.57 Å². The molecular formula is C21H18N2O2. The Kier molecular flexibility index (Phi) is 3.73. The maximum atomic E-state index is 12.9. The first-order chi connectivity index (χ1) is 12.1. The molecule has 0 aliphatic carbocycles. The Labute approximate surface area is 145 Å². The van der Waals surface area contributed by atoms with Gasteiger partial charge < -0.3 is 9.09 Å². The number of hydrogen-bond acceptors (Lipinski definition) is 3. The Balaban J connectivity index is 1.99. The maximum Gasteiger partial charge on any atom is 0.258 e. The summed E-state index contributed by atoms with van der Waals surface area (Å²) in [5, 5.41) is 5.70. The standard InChI is InChI=1S/C21H18N2O2/c1-14-20(15(2)25-22-14)19-13-23(12-16-8-4-3-5-9-16)21(24)18-11-7-6-10-17(18)19/h3-11,13H,12H2,1-2H3. The number of rotatable bonds is 3. The molecule has 0 unspecified atom stereocenters. The van der Waals surface area contributed by atoms with Crippen molar-refractivity contribution in [3.63, 3.8) is 0 Å². The lowest BCUT2D eigenvalue weighted by Gasteiger charge is -2.12. The van der Waals surface area contributed by atoms with E-state index in [0.717, 1.165) is 33.5 Å².